The third-order valence-corrected chi connectivity index (χ3v) is 6.96. The minimum absolute atomic E-state index is 0.00865. The molecule has 4 heterocycles. The molecule has 2 saturated heterocycles. The van der Waals surface area contributed by atoms with E-state index in [1.54, 1.807) is 6.07 Å². The summed E-state index contributed by atoms with van der Waals surface area (Å²) in [4.78, 5) is 11.6. The summed E-state index contributed by atoms with van der Waals surface area (Å²) in [6.45, 7) is 5.90. The van der Waals surface area contributed by atoms with Gasteiger partial charge in [-0.05, 0) is 38.8 Å². The topological polar surface area (TPSA) is 113 Å². The number of H-pyrrole nitrogens is 1. The lowest BCUT2D eigenvalue weighted by Gasteiger charge is -2.42. The van der Waals surface area contributed by atoms with Crippen molar-refractivity contribution in [1.82, 2.24) is 20.2 Å². The summed E-state index contributed by atoms with van der Waals surface area (Å²) >= 11 is 0. The van der Waals surface area contributed by atoms with Gasteiger partial charge in [-0.25, -0.2) is 14.4 Å². The predicted octanol–water partition coefficient (Wildman–Crippen LogP) is 2.29. The van der Waals surface area contributed by atoms with Gasteiger partial charge in [0.15, 0.2) is 5.82 Å². The van der Waals surface area contributed by atoms with Crippen LogP contribution < -0.4 is 10.6 Å². The summed E-state index contributed by atoms with van der Waals surface area (Å²) in [5, 5.41) is 17.2. The van der Waals surface area contributed by atoms with Crippen LogP contribution in [0.15, 0.2) is 18.3 Å². The van der Waals surface area contributed by atoms with Gasteiger partial charge in [-0.2, -0.15) is 5.10 Å². The summed E-state index contributed by atoms with van der Waals surface area (Å²) in [7, 11) is 0. The number of nitrogens with two attached hydrogens (primary N) is 1. The molecule has 2 fully saturated rings. The lowest BCUT2D eigenvalue weighted by atomic mass is 9.73. The van der Waals surface area contributed by atoms with E-state index in [9.17, 15) is 9.50 Å². The first kappa shape index (κ1) is 20.3. The number of fused-ring (bicyclic) bond motifs is 1. The van der Waals surface area contributed by atoms with Crippen LogP contribution in [0.4, 0.5) is 10.2 Å². The van der Waals surface area contributed by atoms with E-state index in [1.165, 1.54) is 12.3 Å². The highest BCUT2D eigenvalue weighted by atomic mass is 19.1. The molecule has 0 aliphatic carbocycles. The molecule has 0 unspecified atom stereocenters. The second kappa shape index (κ2) is 7.51. The number of aliphatic hydroxyl groups is 1. The average Bonchev–Trinajstić information content (AvgIpc) is 3.35. The minimum Gasteiger partial charge on any atom is -0.390 e. The van der Waals surface area contributed by atoms with Gasteiger partial charge < -0.3 is 20.5 Å². The van der Waals surface area contributed by atoms with Crippen LogP contribution in [0, 0.1) is 18.2 Å². The van der Waals surface area contributed by atoms with Crippen LogP contribution in [-0.4, -0.2) is 57.1 Å². The molecular weight excluding hydrogens is 399 g/mol. The number of benzene rings is 1. The molecule has 0 saturated carbocycles. The number of nitrogens with one attached hydrogen (secondary N) is 1. The number of aromatic amines is 1. The summed E-state index contributed by atoms with van der Waals surface area (Å²) in [6.07, 6.45) is 3.36. The summed E-state index contributed by atoms with van der Waals surface area (Å²) in [5.74, 6) is 0.310. The Kier molecular flexibility index (Phi) is 4.91. The van der Waals surface area contributed by atoms with Crippen molar-refractivity contribution >= 4 is 16.7 Å². The zero-order chi connectivity index (χ0) is 21.8. The first-order valence-corrected chi connectivity index (χ1v) is 10.7. The third kappa shape index (κ3) is 3.28. The van der Waals surface area contributed by atoms with E-state index in [0.29, 0.717) is 46.0 Å². The van der Waals surface area contributed by atoms with Crippen LogP contribution in [0.25, 0.3) is 22.2 Å². The third-order valence-electron chi connectivity index (χ3n) is 6.96. The molecule has 8 nitrogen and oxygen atoms in total. The molecule has 1 aromatic carbocycles. The van der Waals surface area contributed by atoms with E-state index < -0.39 is 0 Å². The van der Waals surface area contributed by atoms with Crippen molar-refractivity contribution in [2.75, 3.05) is 24.6 Å². The molecule has 2 aromatic heterocycles. The molecule has 0 amide bonds. The zero-order valence-corrected chi connectivity index (χ0v) is 17.7. The molecule has 5 rings (SSSR count). The predicted molar refractivity (Wildman–Crippen MR) is 115 cm³/mol. The Balaban J connectivity index is 1.45. The highest BCUT2D eigenvalue weighted by Crippen LogP contribution is 2.42. The molecule has 2 atom stereocenters. The lowest BCUT2D eigenvalue weighted by Crippen LogP contribution is -2.51. The second-order valence-corrected chi connectivity index (χ2v) is 8.77. The van der Waals surface area contributed by atoms with Gasteiger partial charge in [-0.1, -0.05) is 0 Å². The lowest BCUT2D eigenvalue weighted by molar-refractivity contribution is 0.0973. The highest BCUT2D eigenvalue weighted by molar-refractivity contribution is 5.84. The molecule has 31 heavy (non-hydrogen) atoms. The number of aliphatic hydroxyl groups excluding tert-OH is 1. The van der Waals surface area contributed by atoms with E-state index in [1.807, 2.05) is 13.8 Å². The van der Waals surface area contributed by atoms with Crippen LogP contribution >= 0.6 is 0 Å². The number of hydrogen-bond donors (Lipinski definition) is 3. The molecule has 2 aliphatic heterocycles. The summed E-state index contributed by atoms with van der Waals surface area (Å²) in [5.41, 5.74) is 9.35. The molecular formula is C22H27FN6O2. The van der Waals surface area contributed by atoms with Crippen LogP contribution in [-0.2, 0) is 11.3 Å². The SMILES string of the molecule is Cc1nc(N2CCC3(CC2)CO[C@@H](C)[C@H]3N)c(CO)nc1-c1cc(F)c2cn[nH]c2c1. The van der Waals surface area contributed by atoms with Crippen LogP contribution in [0.5, 0.6) is 0 Å². The van der Waals surface area contributed by atoms with Crippen molar-refractivity contribution in [3.8, 4) is 11.3 Å². The zero-order valence-electron chi connectivity index (χ0n) is 17.7. The number of nitrogens with zero attached hydrogens (tertiary/aromatic N) is 4. The second-order valence-electron chi connectivity index (χ2n) is 8.77. The highest BCUT2D eigenvalue weighted by Gasteiger charge is 2.47. The van der Waals surface area contributed by atoms with E-state index in [4.69, 9.17) is 15.5 Å². The van der Waals surface area contributed by atoms with Crippen molar-refractivity contribution in [2.45, 2.75) is 45.4 Å². The number of aryl methyl sites for hydroxylation is 1. The molecule has 1 spiro atoms. The van der Waals surface area contributed by atoms with Gasteiger partial charge in [-0.15, -0.1) is 0 Å². The Hall–Kier alpha value is -2.62. The Morgan fingerprint density at radius 1 is 1.32 bits per heavy atom. The molecule has 3 aromatic rings. The van der Waals surface area contributed by atoms with Gasteiger partial charge >= 0.3 is 0 Å². The standard InChI is InChI=1S/C22H27FN6O2/c1-12-19(14-7-16(23)15-9-25-28-17(15)8-14)27-18(10-30)21(26-12)29-5-3-22(4-6-29)11-31-13(2)20(22)24/h7-9,13,20,30H,3-6,10-11,24H2,1-2H3,(H,25,28)/t13-,20+/m0/s1. The Bertz CT molecular complexity index is 1120. The Morgan fingerprint density at radius 3 is 2.77 bits per heavy atom. The van der Waals surface area contributed by atoms with E-state index in [2.05, 4.69) is 20.1 Å². The number of ether oxygens (including phenoxy) is 1. The van der Waals surface area contributed by atoms with Crippen molar-refractivity contribution in [1.29, 1.82) is 0 Å². The molecule has 2 aliphatic rings. The van der Waals surface area contributed by atoms with Crippen LogP contribution in [0.3, 0.4) is 0 Å². The number of rotatable bonds is 3. The van der Waals surface area contributed by atoms with Gasteiger partial charge in [0, 0.05) is 30.1 Å². The number of halogens is 1. The first-order chi connectivity index (χ1) is 14.9. The van der Waals surface area contributed by atoms with Crippen molar-refractivity contribution < 1.29 is 14.2 Å². The van der Waals surface area contributed by atoms with Gasteiger partial charge in [0.1, 0.15) is 11.5 Å². The number of hydrogen-bond acceptors (Lipinski definition) is 7. The first-order valence-electron chi connectivity index (χ1n) is 10.7. The average molecular weight is 426 g/mol. The normalized spacial score (nSPS) is 23.2. The summed E-state index contributed by atoms with van der Waals surface area (Å²) in [6, 6.07) is 3.27. The van der Waals surface area contributed by atoms with Gasteiger partial charge in [-0.3, -0.25) is 5.10 Å². The fourth-order valence-electron chi connectivity index (χ4n) is 4.96. The quantitative estimate of drug-likeness (QED) is 0.589. The van der Waals surface area contributed by atoms with Crippen molar-refractivity contribution in [2.24, 2.45) is 11.1 Å². The minimum atomic E-state index is -0.372. The monoisotopic (exact) mass is 426 g/mol. The number of aromatic nitrogens is 4. The van der Waals surface area contributed by atoms with Crippen molar-refractivity contribution in [3.63, 3.8) is 0 Å². The smallest absolute Gasteiger partial charge is 0.153 e. The van der Waals surface area contributed by atoms with Crippen LogP contribution in [0.1, 0.15) is 31.2 Å². The molecule has 164 valence electrons. The number of piperidine rings is 1. The molecule has 9 heteroatoms. The maximum atomic E-state index is 14.5. The van der Waals surface area contributed by atoms with E-state index in [0.717, 1.165) is 25.9 Å². The summed E-state index contributed by atoms with van der Waals surface area (Å²) < 4.78 is 20.3. The maximum Gasteiger partial charge on any atom is 0.153 e. The molecule has 0 bridgehead atoms. The van der Waals surface area contributed by atoms with Gasteiger partial charge in [0.2, 0.25) is 0 Å². The maximum absolute atomic E-state index is 14.5. The fraction of sp³-hybridized carbons (Fsp3) is 0.500. The van der Waals surface area contributed by atoms with E-state index >= 15 is 0 Å². The fourth-order valence-corrected chi connectivity index (χ4v) is 4.96. The largest absolute Gasteiger partial charge is 0.390 e. The van der Waals surface area contributed by atoms with Gasteiger partial charge in [0.25, 0.3) is 0 Å². The molecule has 0 radical (unpaired) electrons. The number of anilines is 1. The van der Waals surface area contributed by atoms with Crippen molar-refractivity contribution in [3.05, 3.63) is 35.5 Å². The van der Waals surface area contributed by atoms with E-state index in [-0.39, 0.29) is 30.0 Å². The van der Waals surface area contributed by atoms with Crippen LogP contribution in [0.2, 0.25) is 0 Å². The molecule has 4 N–H and O–H groups in total. The van der Waals surface area contributed by atoms with Gasteiger partial charge in [0.05, 0.1) is 47.8 Å². The Morgan fingerprint density at radius 2 is 2.10 bits per heavy atom. The Labute approximate surface area is 179 Å².